The molecule has 1 N–H and O–H groups in total. The quantitative estimate of drug-likeness (QED) is 0.706. The Morgan fingerprint density at radius 2 is 1.87 bits per heavy atom. The number of hydrogen-bond donors (Lipinski definition) is 1. The van der Waals surface area contributed by atoms with Gasteiger partial charge in [-0.25, -0.2) is 12.7 Å². The number of amidine groups is 1. The predicted molar refractivity (Wildman–Crippen MR) is 112 cm³/mol. The lowest BCUT2D eigenvalue weighted by Gasteiger charge is -2.36. The van der Waals surface area contributed by atoms with E-state index in [0.29, 0.717) is 50.4 Å². The van der Waals surface area contributed by atoms with Crippen molar-refractivity contribution in [3.63, 3.8) is 0 Å². The van der Waals surface area contributed by atoms with Gasteiger partial charge in [-0.2, -0.15) is 8.42 Å². The molecule has 0 aliphatic carbocycles. The molecular formula is C19H26N4O5S2. The SMILES string of the molecule is CS(=O)(=O)N1CCCC(NC(=O)C2CCCN(C3=NS(=O)(=O)c4ccccc43)C2)C1. The number of nitrogens with zero attached hydrogens (tertiary/aromatic N) is 3. The van der Waals surface area contributed by atoms with Crippen molar-refractivity contribution >= 4 is 31.8 Å². The minimum Gasteiger partial charge on any atom is -0.355 e. The van der Waals surface area contributed by atoms with Crippen molar-refractivity contribution in [1.29, 1.82) is 0 Å². The standard InChI is InChI=1S/C19H26N4O5S2/c1-29(25,26)23-11-5-7-15(13-23)20-19(24)14-6-4-10-22(12-14)18-16-8-2-3-9-17(16)30(27,28)21-18/h2-3,8-9,14-15H,4-7,10-13H2,1H3,(H,20,24). The molecule has 4 rings (SSSR count). The Morgan fingerprint density at radius 1 is 1.13 bits per heavy atom. The molecule has 1 amide bonds. The maximum atomic E-state index is 12.9. The number of amides is 1. The van der Waals surface area contributed by atoms with Gasteiger partial charge in [0, 0.05) is 37.8 Å². The summed E-state index contributed by atoms with van der Waals surface area (Å²) in [5.41, 5.74) is 0.578. The molecule has 0 spiro atoms. The predicted octanol–water partition coefficient (Wildman–Crippen LogP) is 0.388. The largest absolute Gasteiger partial charge is 0.355 e. The van der Waals surface area contributed by atoms with E-state index in [-0.39, 0.29) is 22.8 Å². The average molecular weight is 455 g/mol. The first-order chi connectivity index (χ1) is 14.1. The van der Waals surface area contributed by atoms with Gasteiger partial charge >= 0.3 is 0 Å². The molecule has 2 fully saturated rings. The molecular weight excluding hydrogens is 428 g/mol. The van der Waals surface area contributed by atoms with Crippen LogP contribution in [0.15, 0.2) is 33.6 Å². The molecule has 2 saturated heterocycles. The Balaban J connectivity index is 1.44. The van der Waals surface area contributed by atoms with Gasteiger partial charge in [-0.15, -0.1) is 4.40 Å². The smallest absolute Gasteiger partial charge is 0.285 e. The molecule has 1 aromatic rings. The van der Waals surface area contributed by atoms with Crippen LogP contribution in [-0.4, -0.2) is 76.3 Å². The van der Waals surface area contributed by atoms with Crippen LogP contribution >= 0.6 is 0 Å². The number of nitrogens with one attached hydrogen (secondary N) is 1. The zero-order chi connectivity index (χ0) is 21.5. The Kier molecular flexibility index (Phi) is 5.62. The summed E-state index contributed by atoms with van der Waals surface area (Å²) < 4.78 is 53.7. The van der Waals surface area contributed by atoms with E-state index in [0.717, 1.165) is 12.8 Å². The molecule has 2 atom stereocenters. The summed E-state index contributed by atoms with van der Waals surface area (Å²) in [5.74, 6) is -0.00988. The highest BCUT2D eigenvalue weighted by molar-refractivity contribution is 7.90. The molecule has 1 aromatic carbocycles. The number of rotatable bonds is 3. The number of fused-ring (bicyclic) bond motifs is 1. The minimum absolute atomic E-state index is 0.116. The molecule has 11 heteroatoms. The normalized spacial score (nSPS) is 26.7. The fourth-order valence-corrected chi connectivity index (χ4v) is 6.52. The zero-order valence-corrected chi connectivity index (χ0v) is 18.5. The van der Waals surface area contributed by atoms with Crippen molar-refractivity contribution in [2.75, 3.05) is 32.4 Å². The molecule has 0 saturated carbocycles. The van der Waals surface area contributed by atoms with E-state index in [1.165, 1.54) is 10.6 Å². The van der Waals surface area contributed by atoms with Gasteiger partial charge in [0.15, 0.2) is 5.84 Å². The number of hydrogen-bond acceptors (Lipinski definition) is 6. The van der Waals surface area contributed by atoms with Crippen LogP contribution < -0.4 is 5.32 Å². The molecule has 3 aliphatic rings. The van der Waals surface area contributed by atoms with Crippen molar-refractivity contribution in [3.05, 3.63) is 29.8 Å². The highest BCUT2D eigenvalue weighted by atomic mass is 32.2. The third-order valence-electron chi connectivity index (χ3n) is 5.90. The monoisotopic (exact) mass is 454 g/mol. The van der Waals surface area contributed by atoms with Gasteiger partial charge in [-0.3, -0.25) is 4.79 Å². The van der Waals surface area contributed by atoms with E-state index in [1.807, 2.05) is 4.90 Å². The maximum absolute atomic E-state index is 12.9. The lowest BCUT2D eigenvalue weighted by Crippen LogP contribution is -2.52. The van der Waals surface area contributed by atoms with E-state index in [9.17, 15) is 21.6 Å². The Labute approximate surface area is 177 Å². The molecule has 3 heterocycles. The lowest BCUT2D eigenvalue weighted by molar-refractivity contribution is -0.127. The third-order valence-corrected chi connectivity index (χ3v) is 8.50. The first-order valence-electron chi connectivity index (χ1n) is 10.1. The molecule has 0 aromatic heterocycles. The third kappa shape index (κ3) is 4.23. The topological polar surface area (TPSA) is 116 Å². The van der Waals surface area contributed by atoms with Gasteiger partial charge in [-0.05, 0) is 37.8 Å². The number of benzene rings is 1. The minimum atomic E-state index is -3.70. The van der Waals surface area contributed by atoms with Crippen LogP contribution in [0.5, 0.6) is 0 Å². The first-order valence-corrected chi connectivity index (χ1v) is 13.4. The molecule has 0 radical (unpaired) electrons. The molecule has 164 valence electrons. The van der Waals surface area contributed by atoms with Crippen LogP contribution in [0, 0.1) is 5.92 Å². The second-order valence-electron chi connectivity index (χ2n) is 8.14. The molecule has 30 heavy (non-hydrogen) atoms. The highest BCUT2D eigenvalue weighted by Gasteiger charge is 2.36. The summed E-state index contributed by atoms with van der Waals surface area (Å²) in [6.45, 7) is 1.80. The van der Waals surface area contributed by atoms with Crippen LogP contribution in [0.1, 0.15) is 31.2 Å². The lowest BCUT2D eigenvalue weighted by atomic mass is 9.95. The number of carbonyl (C=O) groups excluding carboxylic acids is 1. The summed E-state index contributed by atoms with van der Waals surface area (Å²) in [6, 6.07) is 6.53. The van der Waals surface area contributed by atoms with Crippen molar-refractivity contribution in [1.82, 2.24) is 14.5 Å². The van der Waals surface area contributed by atoms with Crippen molar-refractivity contribution in [3.8, 4) is 0 Å². The van der Waals surface area contributed by atoms with Crippen molar-refractivity contribution < 1.29 is 21.6 Å². The van der Waals surface area contributed by atoms with Gasteiger partial charge in [-0.1, -0.05) is 12.1 Å². The number of piperidine rings is 2. The van der Waals surface area contributed by atoms with E-state index in [2.05, 4.69) is 9.71 Å². The number of likely N-dealkylation sites (tertiary alicyclic amines) is 1. The highest BCUT2D eigenvalue weighted by Crippen LogP contribution is 2.30. The Morgan fingerprint density at radius 3 is 2.63 bits per heavy atom. The van der Waals surface area contributed by atoms with Crippen LogP contribution in [0.2, 0.25) is 0 Å². The van der Waals surface area contributed by atoms with Crippen molar-refractivity contribution in [2.45, 2.75) is 36.6 Å². The summed E-state index contributed by atoms with van der Waals surface area (Å²) in [7, 11) is -6.98. The van der Waals surface area contributed by atoms with Crippen LogP contribution in [-0.2, 0) is 24.8 Å². The first kappa shape index (κ1) is 21.3. The molecule has 0 bridgehead atoms. The van der Waals surface area contributed by atoms with E-state index in [1.54, 1.807) is 24.3 Å². The molecule has 9 nitrogen and oxygen atoms in total. The Hall–Kier alpha value is -1.98. The molecule has 3 aliphatic heterocycles. The van der Waals surface area contributed by atoms with E-state index < -0.39 is 20.0 Å². The van der Waals surface area contributed by atoms with E-state index >= 15 is 0 Å². The van der Waals surface area contributed by atoms with Crippen molar-refractivity contribution in [2.24, 2.45) is 10.3 Å². The van der Waals surface area contributed by atoms with Gasteiger partial charge < -0.3 is 10.2 Å². The number of carbonyl (C=O) groups is 1. The second kappa shape index (κ2) is 7.93. The average Bonchev–Trinajstić information content (AvgIpc) is 2.99. The Bertz CT molecular complexity index is 1080. The van der Waals surface area contributed by atoms with Gasteiger partial charge in [0.2, 0.25) is 15.9 Å². The van der Waals surface area contributed by atoms with Crippen LogP contribution in [0.4, 0.5) is 0 Å². The molecule has 2 unspecified atom stereocenters. The summed E-state index contributed by atoms with van der Waals surface area (Å²) in [5, 5.41) is 3.01. The van der Waals surface area contributed by atoms with Gasteiger partial charge in [0.1, 0.15) is 4.90 Å². The zero-order valence-electron chi connectivity index (χ0n) is 16.8. The summed E-state index contributed by atoms with van der Waals surface area (Å²) in [4.78, 5) is 15.0. The van der Waals surface area contributed by atoms with Gasteiger partial charge in [0.05, 0.1) is 12.2 Å². The van der Waals surface area contributed by atoms with E-state index in [4.69, 9.17) is 0 Å². The summed E-state index contributed by atoms with van der Waals surface area (Å²) >= 11 is 0. The second-order valence-corrected chi connectivity index (χ2v) is 11.7. The van der Waals surface area contributed by atoms with Crippen LogP contribution in [0.3, 0.4) is 0 Å². The summed E-state index contributed by atoms with van der Waals surface area (Å²) in [6.07, 6.45) is 4.09. The fraction of sp³-hybridized carbons (Fsp3) is 0.579. The number of sulfonamides is 2. The maximum Gasteiger partial charge on any atom is 0.285 e. The van der Waals surface area contributed by atoms with Crippen LogP contribution in [0.25, 0.3) is 0 Å². The fourth-order valence-electron chi connectivity index (χ4n) is 4.38. The van der Waals surface area contributed by atoms with Gasteiger partial charge in [0.25, 0.3) is 10.0 Å².